The first-order valence-corrected chi connectivity index (χ1v) is 5.94. The molecule has 0 aromatic carbocycles. The number of rotatable bonds is 2. The Bertz CT molecular complexity index is 320. The monoisotopic (exact) mass is 220 g/mol. The minimum absolute atomic E-state index is 0.154. The molecule has 78 valence electrons. The van der Waals surface area contributed by atoms with Gasteiger partial charge < -0.3 is 9.80 Å². The Balaban J connectivity index is 1.93. The van der Waals surface area contributed by atoms with Crippen LogP contribution in [-0.4, -0.2) is 56.2 Å². The van der Waals surface area contributed by atoms with E-state index in [0.717, 1.165) is 31.1 Å². The molecule has 5 heteroatoms. The van der Waals surface area contributed by atoms with Gasteiger partial charge in [-0.15, -0.1) is 11.3 Å². The topological polar surface area (TPSA) is 23.6 Å². The van der Waals surface area contributed by atoms with E-state index in [4.69, 9.17) is 7.85 Å². The van der Waals surface area contributed by atoms with Crippen LogP contribution < -0.4 is 0 Å². The van der Waals surface area contributed by atoms with Gasteiger partial charge in [-0.3, -0.25) is 4.79 Å². The smallest absolute Gasteiger partial charge is 0.264 e. The van der Waals surface area contributed by atoms with Crippen LogP contribution in [0.15, 0.2) is 17.5 Å². The molecule has 0 aliphatic carbocycles. The summed E-state index contributed by atoms with van der Waals surface area (Å²) in [6, 6.07) is 3.79. The second-order valence-corrected chi connectivity index (χ2v) is 4.52. The summed E-state index contributed by atoms with van der Waals surface area (Å²) in [6.45, 7) is 3.34. The standard InChI is InChI=1S/C10H13BN2OS/c11-8-12-3-5-13(6-4-12)10(14)9-2-1-7-15-9/h1-2,7H,3-6,8H2. The first kappa shape index (κ1) is 10.7. The molecule has 1 aromatic rings. The summed E-state index contributed by atoms with van der Waals surface area (Å²) < 4.78 is 0. The van der Waals surface area contributed by atoms with Crippen molar-refractivity contribution in [3.8, 4) is 0 Å². The summed E-state index contributed by atoms with van der Waals surface area (Å²) in [7, 11) is 5.54. The number of carbonyl (C=O) groups excluding carboxylic acids is 1. The molecule has 2 heterocycles. The Morgan fingerprint density at radius 1 is 1.40 bits per heavy atom. The molecule has 0 N–H and O–H groups in total. The summed E-state index contributed by atoms with van der Waals surface area (Å²) in [6.07, 6.45) is 0.584. The van der Waals surface area contributed by atoms with Crippen LogP contribution in [0.4, 0.5) is 0 Å². The number of hydrogen-bond donors (Lipinski definition) is 0. The van der Waals surface area contributed by atoms with Gasteiger partial charge in [0.25, 0.3) is 5.91 Å². The number of amides is 1. The molecule has 3 nitrogen and oxygen atoms in total. The Morgan fingerprint density at radius 2 is 2.13 bits per heavy atom. The molecular weight excluding hydrogens is 207 g/mol. The van der Waals surface area contributed by atoms with Crippen LogP contribution in [0.5, 0.6) is 0 Å². The summed E-state index contributed by atoms with van der Waals surface area (Å²) in [5.74, 6) is 0.154. The highest BCUT2D eigenvalue weighted by Gasteiger charge is 2.21. The Hall–Kier alpha value is -0.805. The van der Waals surface area contributed by atoms with Gasteiger partial charge in [0.1, 0.15) is 0 Å². The van der Waals surface area contributed by atoms with Crippen molar-refractivity contribution in [2.24, 2.45) is 0 Å². The van der Waals surface area contributed by atoms with Crippen molar-refractivity contribution >= 4 is 25.1 Å². The van der Waals surface area contributed by atoms with E-state index in [1.807, 2.05) is 22.4 Å². The molecule has 15 heavy (non-hydrogen) atoms. The molecule has 0 spiro atoms. The zero-order valence-corrected chi connectivity index (χ0v) is 9.37. The van der Waals surface area contributed by atoms with Crippen LogP contribution in [0.2, 0.25) is 0 Å². The third-order valence-electron chi connectivity index (χ3n) is 2.65. The van der Waals surface area contributed by atoms with Gasteiger partial charge in [-0.25, -0.2) is 0 Å². The SMILES string of the molecule is [B]CN1CCN(C(=O)c2cccs2)CC1. The highest BCUT2D eigenvalue weighted by molar-refractivity contribution is 7.12. The van der Waals surface area contributed by atoms with Crippen LogP contribution in [0.1, 0.15) is 9.67 Å². The van der Waals surface area contributed by atoms with Crippen molar-refractivity contribution in [1.82, 2.24) is 9.80 Å². The fraction of sp³-hybridized carbons (Fsp3) is 0.500. The normalized spacial score (nSPS) is 18.0. The number of hydrogen-bond acceptors (Lipinski definition) is 3. The number of thiophene rings is 1. The predicted octanol–water partition coefficient (Wildman–Crippen LogP) is 0.632. The highest BCUT2D eigenvalue weighted by atomic mass is 32.1. The van der Waals surface area contributed by atoms with Crippen molar-refractivity contribution in [3.63, 3.8) is 0 Å². The zero-order valence-electron chi connectivity index (χ0n) is 8.56. The lowest BCUT2D eigenvalue weighted by Gasteiger charge is -2.34. The van der Waals surface area contributed by atoms with E-state index in [0.29, 0.717) is 6.44 Å². The van der Waals surface area contributed by atoms with Gasteiger partial charge in [0.05, 0.1) is 12.7 Å². The van der Waals surface area contributed by atoms with Crippen LogP contribution in [0.25, 0.3) is 0 Å². The lowest BCUT2D eigenvalue weighted by molar-refractivity contribution is 0.0661. The van der Waals surface area contributed by atoms with Crippen LogP contribution in [-0.2, 0) is 0 Å². The van der Waals surface area contributed by atoms with E-state index in [1.54, 1.807) is 0 Å². The first-order valence-electron chi connectivity index (χ1n) is 5.06. The summed E-state index contributed by atoms with van der Waals surface area (Å²) in [4.78, 5) is 16.8. The lowest BCUT2D eigenvalue weighted by atomic mass is 10.1. The molecule has 1 aromatic heterocycles. The van der Waals surface area contributed by atoms with Gasteiger partial charge in [-0.1, -0.05) is 6.07 Å². The van der Waals surface area contributed by atoms with Crippen LogP contribution in [0, 0.1) is 0 Å². The van der Waals surface area contributed by atoms with E-state index in [2.05, 4.69) is 4.90 Å². The third-order valence-corrected chi connectivity index (χ3v) is 3.51. The average molecular weight is 220 g/mol. The van der Waals surface area contributed by atoms with Crippen molar-refractivity contribution < 1.29 is 4.79 Å². The van der Waals surface area contributed by atoms with Crippen LogP contribution in [0.3, 0.4) is 0 Å². The van der Waals surface area contributed by atoms with Crippen molar-refractivity contribution in [2.45, 2.75) is 0 Å². The molecule has 2 rings (SSSR count). The Morgan fingerprint density at radius 3 is 2.67 bits per heavy atom. The molecular formula is C10H13BN2OS. The van der Waals surface area contributed by atoms with Gasteiger partial charge in [0.2, 0.25) is 0 Å². The van der Waals surface area contributed by atoms with Crippen molar-refractivity contribution in [3.05, 3.63) is 22.4 Å². The van der Waals surface area contributed by atoms with Gasteiger partial charge >= 0.3 is 0 Å². The maximum Gasteiger partial charge on any atom is 0.264 e. The molecule has 2 radical (unpaired) electrons. The van der Waals surface area contributed by atoms with E-state index in [-0.39, 0.29) is 5.91 Å². The fourth-order valence-corrected chi connectivity index (χ4v) is 2.38. The van der Waals surface area contributed by atoms with E-state index < -0.39 is 0 Å². The molecule has 0 bridgehead atoms. The number of nitrogens with zero attached hydrogens (tertiary/aromatic N) is 2. The molecule has 1 saturated heterocycles. The van der Waals surface area contributed by atoms with E-state index in [1.165, 1.54) is 11.3 Å². The molecule has 0 unspecified atom stereocenters. The molecule has 1 aliphatic heterocycles. The van der Waals surface area contributed by atoms with E-state index >= 15 is 0 Å². The lowest BCUT2D eigenvalue weighted by Crippen LogP contribution is -2.48. The second-order valence-electron chi connectivity index (χ2n) is 3.57. The molecule has 0 atom stereocenters. The summed E-state index contributed by atoms with van der Waals surface area (Å²) in [5, 5.41) is 1.93. The number of carbonyl (C=O) groups is 1. The maximum atomic E-state index is 11.9. The average Bonchev–Trinajstić information content (AvgIpc) is 2.82. The molecule has 1 amide bonds. The molecule has 0 saturated carbocycles. The van der Waals surface area contributed by atoms with Crippen molar-refractivity contribution in [2.75, 3.05) is 32.6 Å². The van der Waals surface area contributed by atoms with Gasteiger partial charge in [-0.2, -0.15) is 0 Å². The van der Waals surface area contributed by atoms with E-state index in [9.17, 15) is 4.79 Å². The summed E-state index contributed by atoms with van der Waals surface area (Å²) >= 11 is 1.50. The van der Waals surface area contributed by atoms with Gasteiger partial charge in [-0.05, 0) is 17.9 Å². The molecule has 1 fully saturated rings. The minimum atomic E-state index is 0.154. The molecule has 1 aliphatic rings. The third kappa shape index (κ3) is 2.41. The number of piperazine rings is 1. The maximum absolute atomic E-state index is 11.9. The zero-order chi connectivity index (χ0) is 10.7. The first-order chi connectivity index (χ1) is 7.31. The minimum Gasteiger partial charge on any atom is -0.335 e. The van der Waals surface area contributed by atoms with Gasteiger partial charge in [0, 0.05) is 26.2 Å². The second kappa shape index (κ2) is 4.81. The Kier molecular flexibility index (Phi) is 3.43. The predicted molar refractivity (Wildman–Crippen MR) is 62.4 cm³/mol. The fourth-order valence-electron chi connectivity index (χ4n) is 1.69. The highest BCUT2D eigenvalue weighted by Crippen LogP contribution is 2.13. The van der Waals surface area contributed by atoms with Gasteiger partial charge in [0.15, 0.2) is 0 Å². The summed E-state index contributed by atoms with van der Waals surface area (Å²) in [5.41, 5.74) is 0. The quantitative estimate of drug-likeness (QED) is 0.682. The largest absolute Gasteiger partial charge is 0.335 e. The van der Waals surface area contributed by atoms with Crippen LogP contribution >= 0.6 is 11.3 Å². The van der Waals surface area contributed by atoms with Crippen molar-refractivity contribution in [1.29, 1.82) is 0 Å². The Labute approximate surface area is 95.1 Å².